The molecule has 1 aliphatic rings. The molecule has 1 aliphatic heterocycles. The van der Waals surface area contributed by atoms with Gasteiger partial charge in [-0.25, -0.2) is 4.79 Å². The summed E-state index contributed by atoms with van der Waals surface area (Å²) in [6, 6.07) is 0. The predicted molar refractivity (Wildman–Crippen MR) is 93.1 cm³/mol. The van der Waals surface area contributed by atoms with Crippen LogP contribution in [0.2, 0.25) is 16.6 Å². The van der Waals surface area contributed by atoms with Gasteiger partial charge in [0, 0.05) is 12.7 Å². The van der Waals surface area contributed by atoms with E-state index in [0.717, 1.165) is 12.2 Å². The van der Waals surface area contributed by atoms with E-state index < -0.39 is 8.32 Å². The number of methoxy groups -OCH3 is 1. The summed E-state index contributed by atoms with van der Waals surface area (Å²) in [5.74, 6) is 0.897. The lowest BCUT2D eigenvalue weighted by Gasteiger charge is -2.42. The summed E-state index contributed by atoms with van der Waals surface area (Å²) < 4.78 is 11.4. The Labute approximate surface area is 136 Å². The molecule has 0 N–H and O–H groups in total. The molecule has 22 heavy (non-hydrogen) atoms. The van der Waals surface area contributed by atoms with Crippen molar-refractivity contribution in [3.63, 3.8) is 0 Å². The highest BCUT2D eigenvalue weighted by Gasteiger charge is 2.47. The summed E-state index contributed by atoms with van der Waals surface area (Å²) in [6.07, 6.45) is 6.21. The molecule has 0 saturated carbocycles. The van der Waals surface area contributed by atoms with Crippen LogP contribution in [0.5, 0.6) is 0 Å². The van der Waals surface area contributed by atoms with Gasteiger partial charge in [-0.1, -0.05) is 41.5 Å². The second-order valence-corrected chi connectivity index (χ2v) is 12.2. The lowest BCUT2D eigenvalue weighted by Crippen LogP contribution is -2.47. The zero-order chi connectivity index (χ0) is 16.9. The third-order valence-electron chi connectivity index (χ3n) is 4.55. The van der Waals surface area contributed by atoms with Gasteiger partial charge < -0.3 is 9.16 Å². The highest BCUT2D eigenvalue weighted by atomic mass is 28.4. The van der Waals surface area contributed by atoms with E-state index in [1.807, 2.05) is 6.08 Å². The fraction of sp³-hybridized carbons (Fsp3) is 0.706. The first kappa shape index (κ1) is 18.8. The Hall–Kier alpha value is -1.23. The molecule has 0 saturated heterocycles. The Bertz CT molecular complexity index is 419. The summed E-state index contributed by atoms with van der Waals surface area (Å²) in [4.78, 5) is 13.2. The Kier molecular flexibility index (Phi) is 6.72. The van der Waals surface area contributed by atoms with E-state index in [9.17, 15) is 4.79 Å². The van der Waals surface area contributed by atoms with Crippen molar-refractivity contribution in [3.05, 3.63) is 24.1 Å². The summed E-state index contributed by atoms with van der Waals surface area (Å²) in [5, 5.41) is 0. The van der Waals surface area contributed by atoms with Crippen LogP contribution >= 0.6 is 0 Å². The SMILES string of the molecule is COC(=O)N1C=CC(O[Si](C(C)C)(C(C)C)C(C)C)=CCC1. The monoisotopic (exact) mass is 325 g/mol. The molecule has 126 valence electrons. The van der Waals surface area contributed by atoms with Crippen LogP contribution in [-0.4, -0.2) is 33.0 Å². The molecule has 0 aliphatic carbocycles. The van der Waals surface area contributed by atoms with Gasteiger partial charge in [0.25, 0.3) is 8.32 Å². The van der Waals surface area contributed by atoms with E-state index in [0.29, 0.717) is 23.2 Å². The fourth-order valence-electron chi connectivity index (χ4n) is 3.55. The lowest BCUT2D eigenvalue weighted by atomic mass is 10.3. The van der Waals surface area contributed by atoms with Crippen molar-refractivity contribution in [2.45, 2.75) is 64.6 Å². The van der Waals surface area contributed by atoms with Crippen molar-refractivity contribution in [1.82, 2.24) is 4.90 Å². The number of carbonyl (C=O) groups is 1. The molecule has 0 spiro atoms. The van der Waals surface area contributed by atoms with Crippen molar-refractivity contribution in [2.24, 2.45) is 0 Å². The zero-order valence-corrected chi connectivity index (χ0v) is 16.1. The van der Waals surface area contributed by atoms with Gasteiger partial charge in [0.15, 0.2) is 0 Å². The van der Waals surface area contributed by atoms with Crippen molar-refractivity contribution in [3.8, 4) is 0 Å². The van der Waals surface area contributed by atoms with E-state index in [2.05, 4.69) is 47.6 Å². The third-order valence-corrected chi connectivity index (χ3v) is 10.5. The molecule has 0 aromatic carbocycles. The van der Waals surface area contributed by atoms with E-state index in [-0.39, 0.29) is 6.09 Å². The second kappa shape index (κ2) is 7.86. The van der Waals surface area contributed by atoms with Gasteiger partial charge >= 0.3 is 6.09 Å². The molecule has 4 nitrogen and oxygen atoms in total. The number of rotatable bonds is 5. The predicted octanol–water partition coefficient (Wildman–Crippen LogP) is 5.05. The van der Waals surface area contributed by atoms with E-state index in [4.69, 9.17) is 9.16 Å². The molecule has 0 radical (unpaired) electrons. The van der Waals surface area contributed by atoms with Crippen molar-refractivity contribution in [1.29, 1.82) is 0 Å². The average Bonchev–Trinajstić information content (AvgIpc) is 2.68. The molecule has 5 heteroatoms. The molecule has 0 aromatic heterocycles. The minimum Gasteiger partial charge on any atom is -0.543 e. The van der Waals surface area contributed by atoms with E-state index in [1.165, 1.54) is 7.11 Å². The number of nitrogens with zero attached hydrogens (tertiary/aromatic N) is 1. The first-order valence-electron chi connectivity index (χ1n) is 8.17. The van der Waals surface area contributed by atoms with Gasteiger partial charge in [0.2, 0.25) is 0 Å². The first-order valence-corrected chi connectivity index (χ1v) is 10.3. The Morgan fingerprint density at radius 3 is 2.14 bits per heavy atom. The maximum Gasteiger partial charge on any atom is 0.413 e. The topological polar surface area (TPSA) is 38.8 Å². The largest absolute Gasteiger partial charge is 0.543 e. The number of amides is 1. The standard InChI is InChI=1S/C17H31NO3Si/c1-13(2)22(14(3)4,15(5)6)21-16-9-8-11-18(12-10-16)17(19)20-7/h9-10,12-15H,8,11H2,1-7H3. The number of carbonyl (C=O) groups excluding carboxylic acids is 1. The first-order chi connectivity index (χ1) is 10.3. The Morgan fingerprint density at radius 1 is 1.14 bits per heavy atom. The number of hydrogen-bond donors (Lipinski definition) is 0. The smallest absolute Gasteiger partial charge is 0.413 e. The molecule has 1 heterocycles. The maximum atomic E-state index is 11.6. The third kappa shape index (κ3) is 3.94. The molecule has 1 amide bonds. The highest BCUT2D eigenvalue weighted by molar-refractivity contribution is 6.77. The van der Waals surface area contributed by atoms with Gasteiger partial charge in [-0.15, -0.1) is 0 Å². The van der Waals surface area contributed by atoms with E-state index in [1.54, 1.807) is 11.1 Å². The van der Waals surface area contributed by atoms with E-state index >= 15 is 0 Å². The minimum atomic E-state index is -1.95. The van der Waals surface area contributed by atoms with Crippen molar-refractivity contribution in [2.75, 3.05) is 13.7 Å². The molecule has 1 rings (SSSR count). The molecule has 0 atom stereocenters. The second-order valence-electron chi connectivity index (χ2n) is 6.79. The lowest BCUT2D eigenvalue weighted by molar-refractivity contribution is 0.140. The summed E-state index contributed by atoms with van der Waals surface area (Å²) in [5.41, 5.74) is 1.59. The van der Waals surface area contributed by atoms with Crippen LogP contribution in [0.25, 0.3) is 0 Å². The normalized spacial score (nSPS) is 16.1. The zero-order valence-electron chi connectivity index (χ0n) is 15.1. The summed E-state index contributed by atoms with van der Waals surface area (Å²) in [6.45, 7) is 14.3. The summed E-state index contributed by atoms with van der Waals surface area (Å²) >= 11 is 0. The highest BCUT2D eigenvalue weighted by Crippen LogP contribution is 2.43. The van der Waals surface area contributed by atoms with Gasteiger partial charge in [0.05, 0.1) is 7.11 Å². The molecular formula is C17H31NO3Si. The molecule has 0 unspecified atom stereocenters. The maximum absolute atomic E-state index is 11.6. The fourth-order valence-corrected chi connectivity index (χ4v) is 8.82. The quantitative estimate of drug-likeness (QED) is 0.664. The average molecular weight is 326 g/mol. The molecule has 0 bridgehead atoms. The van der Waals surface area contributed by atoms with Crippen LogP contribution in [0.4, 0.5) is 4.79 Å². The van der Waals surface area contributed by atoms with Crippen LogP contribution in [-0.2, 0) is 9.16 Å². The van der Waals surface area contributed by atoms with Crippen LogP contribution in [0.3, 0.4) is 0 Å². The van der Waals surface area contributed by atoms with Gasteiger partial charge in [-0.2, -0.15) is 0 Å². The van der Waals surface area contributed by atoms with Crippen molar-refractivity contribution >= 4 is 14.4 Å². The summed E-state index contributed by atoms with van der Waals surface area (Å²) in [7, 11) is -0.546. The number of ether oxygens (including phenoxy) is 1. The molecule has 0 fully saturated rings. The van der Waals surface area contributed by atoms with Gasteiger partial charge in [-0.3, -0.25) is 4.90 Å². The molecule has 0 aromatic rings. The van der Waals surface area contributed by atoms with Crippen LogP contribution in [0.15, 0.2) is 24.1 Å². The van der Waals surface area contributed by atoms with Crippen molar-refractivity contribution < 1.29 is 14.0 Å². The number of hydrogen-bond acceptors (Lipinski definition) is 3. The van der Waals surface area contributed by atoms with Gasteiger partial charge in [-0.05, 0) is 35.2 Å². The molecular weight excluding hydrogens is 294 g/mol. The van der Waals surface area contributed by atoms with Gasteiger partial charge in [0.1, 0.15) is 5.76 Å². The Balaban J connectivity index is 2.99. The van der Waals surface area contributed by atoms with Crippen LogP contribution in [0, 0.1) is 0 Å². The Morgan fingerprint density at radius 2 is 1.68 bits per heavy atom. The van der Waals surface area contributed by atoms with Crippen LogP contribution < -0.4 is 0 Å². The minimum absolute atomic E-state index is 0.328. The van der Waals surface area contributed by atoms with Crippen LogP contribution in [0.1, 0.15) is 48.0 Å². The number of allylic oxidation sites excluding steroid dienone is 1.